The topological polar surface area (TPSA) is 84.6 Å². The number of hydrogen-bond donors (Lipinski definition) is 1. The lowest BCUT2D eigenvalue weighted by atomic mass is 9.95. The van der Waals surface area contributed by atoms with Gasteiger partial charge in [-0.3, -0.25) is 9.69 Å². The van der Waals surface area contributed by atoms with Crippen molar-refractivity contribution in [2.24, 2.45) is 5.92 Å². The fourth-order valence-corrected chi connectivity index (χ4v) is 4.02. The second-order valence-electron chi connectivity index (χ2n) is 8.16. The van der Waals surface area contributed by atoms with Gasteiger partial charge in [-0.1, -0.05) is 13.3 Å². The monoisotopic (exact) mass is 375 g/mol. The number of rotatable bonds is 7. The van der Waals surface area contributed by atoms with E-state index < -0.39 is 0 Å². The lowest BCUT2D eigenvalue weighted by Gasteiger charge is -2.36. The standard InChI is InChI=1S/C20H33N5O2/c1-5-6-14(4)27-20-22-18(21)16-11-17(26)25(19(16)23-20)12-15-7-9-24(10-8-15)13(2)3/h13-15H,5-12H2,1-4H3,(H2,21,22,23)/t14-/m0/s1. The van der Waals surface area contributed by atoms with Crippen molar-refractivity contribution in [1.82, 2.24) is 14.9 Å². The lowest BCUT2D eigenvalue weighted by Crippen LogP contribution is -2.42. The van der Waals surface area contributed by atoms with E-state index in [0.717, 1.165) is 44.3 Å². The summed E-state index contributed by atoms with van der Waals surface area (Å²) in [5.74, 6) is 1.58. The number of amides is 1. The number of carbonyl (C=O) groups excluding carboxylic acids is 1. The molecule has 0 aliphatic carbocycles. The highest BCUT2D eigenvalue weighted by atomic mass is 16.5. The van der Waals surface area contributed by atoms with Crippen molar-refractivity contribution in [3.63, 3.8) is 0 Å². The Bertz CT molecular complexity index is 671. The van der Waals surface area contributed by atoms with Gasteiger partial charge >= 0.3 is 6.01 Å². The van der Waals surface area contributed by atoms with Crippen molar-refractivity contribution in [3.05, 3.63) is 5.56 Å². The number of carbonyl (C=O) groups is 1. The number of piperidine rings is 1. The minimum absolute atomic E-state index is 0.0263. The van der Waals surface area contributed by atoms with Gasteiger partial charge < -0.3 is 15.4 Å². The first-order valence-corrected chi connectivity index (χ1v) is 10.3. The third-order valence-electron chi connectivity index (χ3n) is 5.70. The predicted octanol–water partition coefficient (Wildman–Crippen LogP) is 2.64. The number of nitrogens with two attached hydrogens (primary N) is 1. The highest BCUT2D eigenvalue weighted by Gasteiger charge is 2.34. The van der Waals surface area contributed by atoms with E-state index in [1.54, 1.807) is 4.90 Å². The van der Waals surface area contributed by atoms with E-state index in [1.165, 1.54) is 0 Å². The van der Waals surface area contributed by atoms with Gasteiger partial charge in [0.05, 0.1) is 12.5 Å². The number of likely N-dealkylation sites (tertiary alicyclic amines) is 1. The zero-order chi connectivity index (χ0) is 19.6. The van der Waals surface area contributed by atoms with E-state index in [2.05, 4.69) is 35.6 Å². The maximum absolute atomic E-state index is 12.6. The summed E-state index contributed by atoms with van der Waals surface area (Å²) in [6.45, 7) is 11.5. The summed E-state index contributed by atoms with van der Waals surface area (Å²) in [7, 11) is 0. The van der Waals surface area contributed by atoms with Gasteiger partial charge in [-0.25, -0.2) is 0 Å². The average Bonchev–Trinajstić information content (AvgIpc) is 2.92. The largest absolute Gasteiger partial charge is 0.460 e. The molecule has 2 aliphatic heterocycles. The van der Waals surface area contributed by atoms with Gasteiger partial charge in [0.2, 0.25) is 5.91 Å². The van der Waals surface area contributed by atoms with Crippen molar-refractivity contribution in [2.45, 2.75) is 71.9 Å². The Morgan fingerprint density at radius 3 is 2.56 bits per heavy atom. The van der Waals surface area contributed by atoms with E-state index in [1.807, 2.05) is 6.92 Å². The zero-order valence-electron chi connectivity index (χ0n) is 17.1. The molecule has 1 fully saturated rings. The highest BCUT2D eigenvalue weighted by molar-refractivity contribution is 6.01. The van der Waals surface area contributed by atoms with E-state index >= 15 is 0 Å². The van der Waals surface area contributed by atoms with Crippen LogP contribution in [0, 0.1) is 5.92 Å². The van der Waals surface area contributed by atoms with Crippen molar-refractivity contribution < 1.29 is 9.53 Å². The molecule has 1 saturated heterocycles. The van der Waals surface area contributed by atoms with Crippen LogP contribution in [0.2, 0.25) is 0 Å². The smallest absolute Gasteiger partial charge is 0.320 e. The highest BCUT2D eigenvalue weighted by Crippen LogP contribution is 2.34. The normalized spacial score (nSPS) is 19.6. The van der Waals surface area contributed by atoms with Gasteiger partial charge in [0.1, 0.15) is 11.6 Å². The van der Waals surface area contributed by atoms with Crippen LogP contribution in [0.25, 0.3) is 0 Å². The molecule has 0 radical (unpaired) electrons. The van der Waals surface area contributed by atoms with Crippen molar-refractivity contribution in [3.8, 4) is 6.01 Å². The summed E-state index contributed by atoms with van der Waals surface area (Å²) in [4.78, 5) is 25.7. The molecular formula is C20H33N5O2. The Kier molecular flexibility index (Phi) is 6.19. The Balaban J connectivity index is 1.72. The molecule has 150 valence electrons. The Morgan fingerprint density at radius 1 is 1.22 bits per heavy atom. The van der Waals surface area contributed by atoms with E-state index in [0.29, 0.717) is 30.1 Å². The molecule has 1 atom stereocenters. The summed E-state index contributed by atoms with van der Waals surface area (Å²) in [5, 5.41) is 0. The molecule has 0 unspecified atom stereocenters. The first-order valence-electron chi connectivity index (χ1n) is 10.3. The Morgan fingerprint density at radius 2 is 1.93 bits per heavy atom. The lowest BCUT2D eigenvalue weighted by molar-refractivity contribution is -0.117. The third-order valence-corrected chi connectivity index (χ3v) is 5.70. The van der Waals surface area contributed by atoms with Crippen LogP contribution in [0.5, 0.6) is 6.01 Å². The van der Waals surface area contributed by atoms with Crippen LogP contribution < -0.4 is 15.4 Å². The quantitative estimate of drug-likeness (QED) is 0.789. The first-order chi connectivity index (χ1) is 12.9. The molecule has 3 rings (SSSR count). The van der Waals surface area contributed by atoms with E-state index in [-0.39, 0.29) is 24.4 Å². The molecule has 1 amide bonds. The molecule has 1 aromatic heterocycles. The predicted molar refractivity (Wildman–Crippen MR) is 107 cm³/mol. The SMILES string of the molecule is CCC[C@H](C)Oc1nc(N)c2c(n1)N(CC1CCN(C(C)C)CC1)C(=O)C2. The summed E-state index contributed by atoms with van der Waals surface area (Å²) < 4.78 is 5.83. The molecule has 7 heteroatoms. The molecule has 1 aromatic rings. The molecule has 2 N–H and O–H groups in total. The van der Waals surface area contributed by atoms with Gasteiger partial charge in [0.15, 0.2) is 0 Å². The summed E-state index contributed by atoms with van der Waals surface area (Å²) in [5.41, 5.74) is 6.86. The molecule has 0 aromatic carbocycles. The van der Waals surface area contributed by atoms with Gasteiger partial charge in [0.25, 0.3) is 0 Å². The van der Waals surface area contributed by atoms with E-state index in [4.69, 9.17) is 10.5 Å². The minimum Gasteiger partial charge on any atom is -0.460 e. The van der Waals surface area contributed by atoms with E-state index in [9.17, 15) is 4.79 Å². The Labute approximate surface area is 162 Å². The van der Waals surface area contributed by atoms with Crippen molar-refractivity contribution in [2.75, 3.05) is 30.3 Å². The van der Waals surface area contributed by atoms with Gasteiger partial charge in [0, 0.05) is 18.2 Å². The fraction of sp³-hybridized carbons (Fsp3) is 0.750. The number of anilines is 2. The fourth-order valence-electron chi connectivity index (χ4n) is 4.02. The summed E-state index contributed by atoms with van der Waals surface area (Å²) in [6, 6.07) is 0.860. The molecule has 27 heavy (non-hydrogen) atoms. The molecule has 0 spiro atoms. The van der Waals surface area contributed by atoms with Crippen LogP contribution in [-0.4, -0.2) is 52.6 Å². The van der Waals surface area contributed by atoms with Crippen LogP contribution >= 0.6 is 0 Å². The average molecular weight is 376 g/mol. The number of aromatic nitrogens is 2. The van der Waals surface area contributed by atoms with Crippen molar-refractivity contribution >= 4 is 17.5 Å². The second kappa shape index (κ2) is 8.42. The van der Waals surface area contributed by atoms with Gasteiger partial charge in [-0.15, -0.1) is 0 Å². The van der Waals surface area contributed by atoms with Gasteiger partial charge in [-0.05, 0) is 59.0 Å². The Hall–Kier alpha value is -1.89. The third kappa shape index (κ3) is 4.51. The number of ether oxygens (including phenoxy) is 1. The second-order valence-corrected chi connectivity index (χ2v) is 8.16. The summed E-state index contributed by atoms with van der Waals surface area (Å²) in [6.07, 6.45) is 4.48. The molecule has 2 aliphatic rings. The van der Waals surface area contributed by atoms with Crippen LogP contribution in [-0.2, 0) is 11.2 Å². The van der Waals surface area contributed by atoms with Gasteiger partial charge in [-0.2, -0.15) is 9.97 Å². The molecule has 3 heterocycles. The first kappa shape index (κ1) is 19.9. The molecular weight excluding hydrogens is 342 g/mol. The number of hydrogen-bond acceptors (Lipinski definition) is 6. The van der Waals surface area contributed by atoms with Crippen LogP contribution in [0.1, 0.15) is 58.9 Å². The molecule has 0 saturated carbocycles. The van der Waals surface area contributed by atoms with Crippen LogP contribution in [0.4, 0.5) is 11.6 Å². The number of fused-ring (bicyclic) bond motifs is 1. The molecule has 7 nitrogen and oxygen atoms in total. The number of nitrogens with zero attached hydrogens (tertiary/aromatic N) is 4. The number of nitrogen functional groups attached to an aromatic ring is 1. The van der Waals surface area contributed by atoms with Crippen LogP contribution in [0.15, 0.2) is 0 Å². The van der Waals surface area contributed by atoms with Crippen molar-refractivity contribution in [1.29, 1.82) is 0 Å². The molecule has 0 bridgehead atoms. The minimum atomic E-state index is 0.0263. The maximum Gasteiger partial charge on any atom is 0.320 e. The summed E-state index contributed by atoms with van der Waals surface area (Å²) >= 11 is 0. The maximum atomic E-state index is 12.6. The van der Waals surface area contributed by atoms with Crippen LogP contribution in [0.3, 0.4) is 0 Å². The zero-order valence-corrected chi connectivity index (χ0v) is 17.1.